The van der Waals surface area contributed by atoms with Crippen molar-refractivity contribution in [2.24, 2.45) is 18.9 Å². The van der Waals surface area contributed by atoms with E-state index >= 15 is 0 Å². The predicted octanol–water partition coefficient (Wildman–Crippen LogP) is 2.59. The first-order valence-corrected chi connectivity index (χ1v) is 16.4. The third-order valence-electron chi connectivity index (χ3n) is 8.75. The molecule has 1 amide bonds. The van der Waals surface area contributed by atoms with Crippen LogP contribution in [0.2, 0.25) is 0 Å². The Hall–Kier alpha value is -3.71. The molecular weight excluding hydrogens is 568 g/mol. The van der Waals surface area contributed by atoms with E-state index in [9.17, 15) is 18.0 Å². The maximum Gasteiger partial charge on any atom is 0.262 e. The minimum Gasteiger partial charge on any atom is -0.366 e. The molecule has 6 rings (SSSR count). The maximum absolute atomic E-state index is 14.3. The van der Waals surface area contributed by atoms with Gasteiger partial charge in [0.2, 0.25) is 15.9 Å². The SMILES string of the molecule is CC(C)C(=O)N1CCN(c2cc(S(=O)(=O)NC3(C)CC3)cc3c(=O)n(Cc4cnn(C)c4)c4ccnn4c23)C[C@H]1C(C)C. The molecule has 3 aromatic heterocycles. The molecule has 0 spiro atoms. The van der Waals surface area contributed by atoms with Crippen LogP contribution in [0.5, 0.6) is 0 Å². The summed E-state index contributed by atoms with van der Waals surface area (Å²) in [5, 5.41) is 9.12. The number of hydrogen-bond donors (Lipinski definition) is 1. The van der Waals surface area contributed by atoms with Gasteiger partial charge in [0.15, 0.2) is 0 Å². The van der Waals surface area contributed by atoms with Crippen molar-refractivity contribution < 1.29 is 13.2 Å². The molecule has 13 heteroatoms. The molecule has 1 aliphatic heterocycles. The molecule has 43 heavy (non-hydrogen) atoms. The molecule has 4 heterocycles. The second-order valence-corrected chi connectivity index (χ2v) is 14.6. The molecule has 1 saturated carbocycles. The van der Waals surface area contributed by atoms with E-state index in [0.29, 0.717) is 36.5 Å². The number of hydrogen-bond acceptors (Lipinski definition) is 7. The predicted molar refractivity (Wildman–Crippen MR) is 165 cm³/mol. The van der Waals surface area contributed by atoms with E-state index in [1.807, 2.05) is 38.9 Å². The van der Waals surface area contributed by atoms with Crippen molar-refractivity contribution in [3.05, 3.63) is 52.7 Å². The van der Waals surface area contributed by atoms with Gasteiger partial charge in [-0.15, -0.1) is 0 Å². The van der Waals surface area contributed by atoms with Crippen LogP contribution in [0.25, 0.3) is 16.6 Å². The topological polar surface area (TPSA) is 127 Å². The van der Waals surface area contributed by atoms with E-state index in [2.05, 4.69) is 33.7 Å². The number of aryl methyl sites for hydroxylation is 1. The molecule has 1 aliphatic carbocycles. The number of amides is 1. The summed E-state index contributed by atoms with van der Waals surface area (Å²) < 4.78 is 35.3. The van der Waals surface area contributed by atoms with E-state index < -0.39 is 15.6 Å². The van der Waals surface area contributed by atoms with Crippen molar-refractivity contribution >= 4 is 38.2 Å². The Morgan fingerprint density at radius 2 is 1.88 bits per heavy atom. The van der Waals surface area contributed by atoms with Crippen LogP contribution in [0.3, 0.4) is 0 Å². The van der Waals surface area contributed by atoms with Crippen LogP contribution in [0.4, 0.5) is 5.69 Å². The van der Waals surface area contributed by atoms with Crippen LogP contribution < -0.4 is 15.2 Å². The highest BCUT2D eigenvalue weighted by Gasteiger charge is 2.42. The Balaban J connectivity index is 1.55. The Morgan fingerprint density at radius 1 is 1.14 bits per heavy atom. The number of nitrogens with zero attached hydrogens (tertiary/aromatic N) is 7. The van der Waals surface area contributed by atoms with E-state index in [-0.39, 0.29) is 46.2 Å². The minimum atomic E-state index is -3.93. The van der Waals surface area contributed by atoms with Gasteiger partial charge in [-0.1, -0.05) is 27.7 Å². The van der Waals surface area contributed by atoms with Crippen LogP contribution in [0.15, 0.2) is 46.5 Å². The number of carbonyl (C=O) groups excluding carboxylic acids is 1. The smallest absolute Gasteiger partial charge is 0.262 e. The number of piperazine rings is 1. The van der Waals surface area contributed by atoms with Crippen LogP contribution in [0.1, 0.15) is 53.0 Å². The molecular formula is C30H40N8O4S. The van der Waals surface area contributed by atoms with Gasteiger partial charge in [0.05, 0.1) is 40.9 Å². The third-order valence-corrected chi connectivity index (χ3v) is 10.4. The maximum atomic E-state index is 14.3. The molecule has 0 radical (unpaired) electrons. The molecule has 230 valence electrons. The quantitative estimate of drug-likeness (QED) is 0.326. The zero-order valence-corrected chi connectivity index (χ0v) is 26.4. The lowest BCUT2D eigenvalue weighted by Gasteiger charge is -2.45. The van der Waals surface area contributed by atoms with E-state index in [4.69, 9.17) is 0 Å². The second-order valence-electron chi connectivity index (χ2n) is 13.0. The lowest BCUT2D eigenvalue weighted by Crippen LogP contribution is -2.58. The Labute approximate surface area is 251 Å². The number of rotatable bonds is 8. The highest BCUT2D eigenvalue weighted by Crippen LogP contribution is 2.38. The number of sulfonamides is 1. The first-order valence-electron chi connectivity index (χ1n) is 14.9. The van der Waals surface area contributed by atoms with Crippen LogP contribution in [-0.2, 0) is 28.4 Å². The van der Waals surface area contributed by atoms with Crippen molar-refractivity contribution in [2.75, 3.05) is 24.5 Å². The summed E-state index contributed by atoms with van der Waals surface area (Å²) in [5.74, 6) is 0.148. The fraction of sp³-hybridized carbons (Fsp3) is 0.533. The first kappa shape index (κ1) is 29.4. The number of fused-ring (bicyclic) bond motifs is 3. The highest BCUT2D eigenvalue weighted by molar-refractivity contribution is 7.89. The van der Waals surface area contributed by atoms with Gasteiger partial charge in [0, 0.05) is 56.0 Å². The molecule has 2 aliphatic rings. The summed E-state index contributed by atoms with van der Waals surface area (Å²) >= 11 is 0. The lowest BCUT2D eigenvalue weighted by molar-refractivity contribution is -0.138. The van der Waals surface area contributed by atoms with Gasteiger partial charge >= 0.3 is 0 Å². The number of aromatic nitrogens is 5. The van der Waals surface area contributed by atoms with E-state index in [1.165, 1.54) is 6.07 Å². The van der Waals surface area contributed by atoms with Gasteiger partial charge in [0.25, 0.3) is 5.56 Å². The van der Waals surface area contributed by atoms with Crippen molar-refractivity contribution in [1.82, 2.24) is 33.6 Å². The molecule has 1 aromatic carbocycles. The Kier molecular flexibility index (Phi) is 7.15. The third kappa shape index (κ3) is 5.33. The molecule has 12 nitrogen and oxygen atoms in total. The minimum absolute atomic E-state index is 0.0430. The van der Waals surface area contributed by atoms with Gasteiger partial charge in [-0.3, -0.25) is 18.8 Å². The van der Waals surface area contributed by atoms with E-state index in [0.717, 1.165) is 18.4 Å². The average Bonchev–Trinajstić information content (AvgIpc) is 3.30. The number of anilines is 1. The summed E-state index contributed by atoms with van der Waals surface area (Å²) in [6, 6.07) is 4.85. The second kappa shape index (κ2) is 10.5. The summed E-state index contributed by atoms with van der Waals surface area (Å²) in [4.78, 5) is 31.5. The largest absolute Gasteiger partial charge is 0.366 e. The molecule has 0 unspecified atom stereocenters. The van der Waals surface area contributed by atoms with Crippen molar-refractivity contribution in [2.45, 2.75) is 70.5 Å². The van der Waals surface area contributed by atoms with Gasteiger partial charge in [0.1, 0.15) is 11.2 Å². The van der Waals surface area contributed by atoms with Crippen LogP contribution in [0, 0.1) is 11.8 Å². The Morgan fingerprint density at radius 3 is 2.51 bits per heavy atom. The fourth-order valence-corrected chi connectivity index (χ4v) is 7.57. The van der Waals surface area contributed by atoms with Crippen molar-refractivity contribution in [3.8, 4) is 0 Å². The zero-order chi connectivity index (χ0) is 30.8. The Bertz CT molecular complexity index is 1880. The molecule has 1 saturated heterocycles. The standard InChI is InChI=1S/C30H40N8O4S/c1-19(2)25-18-35(11-12-36(25)28(39)20(3)4)24-14-22(43(41,42)33-30(5)8-9-30)13-23-27(24)38-26(7-10-31-38)37(29(23)40)17-21-15-32-34(6)16-21/h7,10,13-16,19-20,25,33H,8-9,11-12,17-18H2,1-6H3/t25-/m0/s1. The molecule has 1 N–H and O–H groups in total. The summed E-state index contributed by atoms with van der Waals surface area (Å²) in [6.07, 6.45) is 6.73. The van der Waals surface area contributed by atoms with Crippen LogP contribution >= 0.6 is 0 Å². The number of nitrogens with one attached hydrogen (secondary N) is 1. The van der Waals surface area contributed by atoms with Gasteiger partial charge < -0.3 is 9.80 Å². The molecule has 1 atom stereocenters. The molecule has 4 aromatic rings. The monoisotopic (exact) mass is 608 g/mol. The van der Waals surface area contributed by atoms with Gasteiger partial charge in [-0.2, -0.15) is 10.2 Å². The fourth-order valence-electron chi connectivity index (χ4n) is 6.06. The summed E-state index contributed by atoms with van der Waals surface area (Å²) in [6.45, 7) is 11.6. The van der Waals surface area contributed by atoms with Crippen molar-refractivity contribution in [3.63, 3.8) is 0 Å². The van der Waals surface area contributed by atoms with E-state index in [1.54, 1.807) is 38.3 Å². The summed E-state index contributed by atoms with van der Waals surface area (Å²) in [5.41, 5.74) is 1.81. The van der Waals surface area contributed by atoms with Crippen molar-refractivity contribution in [1.29, 1.82) is 0 Å². The summed E-state index contributed by atoms with van der Waals surface area (Å²) in [7, 11) is -2.11. The average molecular weight is 609 g/mol. The lowest BCUT2D eigenvalue weighted by atomic mass is 9.97. The highest BCUT2D eigenvalue weighted by atomic mass is 32.2. The molecule has 0 bridgehead atoms. The number of carbonyl (C=O) groups is 1. The first-order chi connectivity index (χ1) is 20.3. The van der Waals surface area contributed by atoms with Gasteiger partial charge in [-0.25, -0.2) is 17.7 Å². The van der Waals surface area contributed by atoms with Gasteiger partial charge in [-0.05, 0) is 37.8 Å². The number of benzene rings is 1. The van der Waals surface area contributed by atoms with Crippen LogP contribution in [-0.4, -0.2) is 74.4 Å². The normalized spacial score (nSPS) is 18.8. The zero-order valence-electron chi connectivity index (χ0n) is 25.6. The molecule has 2 fully saturated rings.